The molecule has 140 valence electrons. The first kappa shape index (κ1) is 19.5. The van der Waals surface area contributed by atoms with Gasteiger partial charge in [0.15, 0.2) is 5.96 Å². The summed E-state index contributed by atoms with van der Waals surface area (Å²) in [6.07, 6.45) is 0. The van der Waals surface area contributed by atoms with Gasteiger partial charge in [-0.2, -0.15) is 0 Å². The lowest BCUT2D eigenvalue weighted by Crippen LogP contribution is -2.52. The number of guanidine groups is 1. The number of anilines is 1. The van der Waals surface area contributed by atoms with Crippen LogP contribution in [0.2, 0.25) is 0 Å². The Morgan fingerprint density at radius 2 is 1.80 bits per heavy atom. The van der Waals surface area contributed by atoms with Gasteiger partial charge in [0.05, 0.1) is 12.3 Å². The standard InChI is InChI=1S/C17H29N5O2S/c1-3-18-17(19-10-11-20-25(23,24)4-2)22-14-12-21(13-15-22)16-8-6-5-7-9-16/h5-9,20H,3-4,10-15H2,1-2H3,(H,18,19). The van der Waals surface area contributed by atoms with Gasteiger partial charge in [0.2, 0.25) is 10.0 Å². The Kier molecular flexibility index (Phi) is 7.52. The Balaban J connectivity index is 1.87. The number of hydrogen-bond acceptors (Lipinski definition) is 4. The summed E-state index contributed by atoms with van der Waals surface area (Å²) in [5.74, 6) is 0.948. The Bertz CT molecular complexity index is 640. The Hall–Kier alpha value is -1.80. The van der Waals surface area contributed by atoms with E-state index in [9.17, 15) is 8.42 Å². The second-order valence-electron chi connectivity index (χ2n) is 5.84. The molecule has 2 rings (SSSR count). The SMILES string of the molecule is CCNC(=NCCNS(=O)(=O)CC)N1CCN(c2ccccc2)CC1. The maximum absolute atomic E-state index is 11.5. The van der Waals surface area contributed by atoms with Crippen LogP contribution in [0.1, 0.15) is 13.8 Å². The van der Waals surface area contributed by atoms with Crippen LogP contribution in [-0.4, -0.2) is 70.8 Å². The quantitative estimate of drug-likeness (QED) is 0.422. The highest BCUT2D eigenvalue weighted by Gasteiger charge is 2.19. The van der Waals surface area contributed by atoms with Gasteiger partial charge in [-0.3, -0.25) is 4.99 Å². The number of piperazine rings is 1. The van der Waals surface area contributed by atoms with E-state index in [1.807, 2.05) is 13.0 Å². The van der Waals surface area contributed by atoms with Gasteiger partial charge in [-0.05, 0) is 26.0 Å². The third-order valence-electron chi connectivity index (χ3n) is 4.11. The van der Waals surface area contributed by atoms with E-state index in [2.05, 4.69) is 49.1 Å². The molecule has 25 heavy (non-hydrogen) atoms. The van der Waals surface area contributed by atoms with Gasteiger partial charge in [0, 0.05) is 45.0 Å². The monoisotopic (exact) mass is 367 g/mol. The molecule has 0 spiro atoms. The second-order valence-corrected chi connectivity index (χ2v) is 7.94. The summed E-state index contributed by atoms with van der Waals surface area (Å²) >= 11 is 0. The molecule has 0 aromatic heterocycles. The van der Waals surface area contributed by atoms with E-state index >= 15 is 0 Å². The Labute approximate surface area is 151 Å². The smallest absolute Gasteiger partial charge is 0.211 e. The van der Waals surface area contributed by atoms with E-state index in [4.69, 9.17) is 0 Å². The van der Waals surface area contributed by atoms with Crippen LogP contribution in [0, 0.1) is 0 Å². The van der Waals surface area contributed by atoms with Crippen LogP contribution in [0.3, 0.4) is 0 Å². The van der Waals surface area contributed by atoms with Crippen LogP contribution in [0.25, 0.3) is 0 Å². The zero-order valence-corrected chi connectivity index (χ0v) is 15.9. The molecule has 0 unspecified atom stereocenters. The normalized spacial score (nSPS) is 16.2. The van der Waals surface area contributed by atoms with Crippen LogP contribution in [0.15, 0.2) is 35.3 Å². The molecule has 7 nitrogen and oxygen atoms in total. The lowest BCUT2D eigenvalue weighted by molar-refractivity contribution is 0.372. The van der Waals surface area contributed by atoms with Crippen LogP contribution < -0.4 is 14.9 Å². The van der Waals surface area contributed by atoms with Gasteiger partial charge in [-0.1, -0.05) is 18.2 Å². The highest BCUT2D eigenvalue weighted by Crippen LogP contribution is 2.15. The molecule has 0 aliphatic carbocycles. The number of nitrogens with one attached hydrogen (secondary N) is 2. The lowest BCUT2D eigenvalue weighted by Gasteiger charge is -2.37. The average molecular weight is 368 g/mol. The second kappa shape index (κ2) is 9.62. The van der Waals surface area contributed by atoms with E-state index in [0.29, 0.717) is 13.1 Å². The molecule has 1 aromatic carbocycles. The van der Waals surface area contributed by atoms with Gasteiger partial charge in [0.25, 0.3) is 0 Å². The summed E-state index contributed by atoms with van der Waals surface area (Å²) in [5.41, 5.74) is 1.25. The molecule has 8 heteroatoms. The summed E-state index contributed by atoms with van der Waals surface area (Å²) in [4.78, 5) is 9.16. The molecule has 1 aromatic rings. The van der Waals surface area contributed by atoms with Crippen LogP contribution in [-0.2, 0) is 10.0 Å². The minimum absolute atomic E-state index is 0.0955. The largest absolute Gasteiger partial charge is 0.368 e. The number of sulfonamides is 1. The fourth-order valence-electron chi connectivity index (χ4n) is 2.71. The van der Waals surface area contributed by atoms with E-state index in [1.165, 1.54) is 5.69 Å². The molecule has 0 amide bonds. The van der Waals surface area contributed by atoms with Gasteiger partial charge in [-0.25, -0.2) is 13.1 Å². The maximum atomic E-state index is 11.5. The number of aliphatic imine (C=N–C) groups is 1. The van der Waals surface area contributed by atoms with Crippen molar-refractivity contribution in [2.45, 2.75) is 13.8 Å². The number of para-hydroxylation sites is 1. The van der Waals surface area contributed by atoms with Crippen molar-refractivity contribution in [3.63, 3.8) is 0 Å². The topological polar surface area (TPSA) is 77.0 Å². The molecule has 0 bridgehead atoms. The highest BCUT2D eigenvalue weighted by atomic mass is 32.2. The number of benzene rings is 1. The van der Waals surface area contributed by atoms with Crippen molar-refractivity contribution in [1.29, 1.82) is 0 Å². The Morgan fingerprint density at radius 1 is 1.12 bits per heavy atom. The third-order valence-corrected chi connectivity index (χ3v) is 5.51. The molecule has 0 atom stereocenters. The zero-order chi connectivity index (χ0) is 18.1. The van der Waals surface area contributed by atoms with Crippen molar-refractivity contribution < 1.29 is 8.42 Å². The van der Waals surface area contributed by atoms with Crippen LogP contribution in [0.5, 0.6) is 0 Å². The Morgan fingerprint density at radius 3 is 2.40 bits per heavy atom. The van der Waals surface area contributed by atoms with Gasteiger partial charge in [0.1, 0.15) is 0 Å². The molecule has 1 aliphatic heterocycles. The van der Waals surface area contributed by atoms with Crippen LogP contribution >= 0.6 is 0 Å². The predicted octanol–water partition coefficient (Wildman–Crippen LogP) is 0.713. The lowest BCUT2D eigenvalue weighted by atomic mass is 10.2. The van der Waals surface area contributed by atoms with Crippen molar-refractivity contribution in [3.05, 3.63) is 30.3 Å². The minimum atomic E-state index is -3.15. The van der Waals surface area contributed by atoms with Crippen molar-refractivity contribution in [3.8, 4) is 0 Å². The molecule has 1 fully saturated rings. The first-order valence-corrected chi connectivity index (χ1v) is 10.5. The zero-order valence-electron chi connectivity index (χ0n) is 15.1. The predicted molar refractivity (Wildman–Crippen MR) is 104 cm³/mol. The summed E-state index contributed by atoms with van der Waals surface area (Å²) in [5, 5.41) is 3.30. The summed E-state index contributed by atoms with van der Waals surface area (Å²) in [6, 6.07) is 10.4. The molecule has 1 aliphatic rings. The number of nitrogens with zero attached hydrogens (tertiary/aromatic N) is 3. The summed E-state index contributed by atoms with van der Waals surface area (Å²) < 4.78 is 25.5. The molecule has 0 saturated carbocycles. The van der Waals surface area contributed by atoms with Crippen molar-refractivity contribution in [2.75, 3.05) is 56.5 Å². The number of hydrogen-bond donors (Lipinski definition) is 2. The van der Waals surface area contributed by atoms with Gasteiger partial charge >= 0.3 is 0 Å². The molecule has 1 heterocycles. The fraction of sp³-hybridized carbons (Fsp3) is 0.588. The van der Waals surface area contributed by atoms with Gasteiger partial charge < -0.3 is 15.1 Å². The van der Waals surface area contributed by atoms with Crippen molar-refractivity contribution in [1.82, 2.24) is 14.9 Å². The molecular formula is C17H29N5O2S. The minimum Gasteiger partial charge on any atom is -0.368 e. The average Bonchev–Trinajstić information content (AvgIpc) is 2.65. The van der Waals surface area contributed by atoms with E-state index < -0.39 is 10.0 Å². The molecular weight excluding hydrogens is 338 g/mol. The molecule has 0 radical (unpaired) electrons. The first-order valence-electron chi connectivity index (χ1n) is 8.86. The van der Waals surface area contributed by atoms with Crippen molar-refractivity contribution in [2.24, 2.45) is 4.99 Å². The number of rotatable bonds is 7. The van der Waals surface area contributed by atoms with Gasteiger partial charge in [-0.15, -0.1) is 0 Å². The molecule has 2 N–H and O–H groups in total. The van der Waals surface area contributed by atoms with E-state index in [1.54, 1.807) is 6.92 Å². The van der Waals surface area contributed by atoms with E-state index in [-0.39, 0.29) is 5.75 Å². The maximum Gasteiger partial charge on any atom is 0.211 e. The van der Waals surface area contributed by atoms with Crippen LogP contribution in [0.4, 0.5) is 5.69 Å². The summed E-state index contributed by atoms with van der Waals surface area (Å²) in [7, 11) is -3.15. The van der Waals surface area contributed by atoms with E-state index in [0.717, 1.165) is 38.7 Å². The fourth-order valence-corrected chi connectivity index (χ4v) is 3.31. The molecule has 1 saturated heterocycles. The third kappa shape index (κ3) is 6.21. The highest BCUT2D eigenvalue weighted by molar-refractivity contribution is 7.89. The first-order chi connectivity index (χ1) is 12.1. The van der Waals surface area contributed by atoms with Crippen molar-refractivity contribution >= 4 is 21.7 Å². The summed E-state index contributed by atoms with van der Waals surface area (Å²) in [6.45, 7) is 8.88.